The predicted molar refractivity (Wildman–Crippen MR) is 96.5 cm³/mol. The minimum Gasteiger partial charge on any atom is -0.398 e. The number of hydrogen-bond acceptors (Lipinski definition) is 9. The van der Waals surface area contributed by atoms with Gasteiger partial charge in [-0.1, -0.05) is 18.2 Å². The molecule has 2 aliphatic rings. The lowest BCUT2D eigenvalue weighted by molar-refractivity contribution is -0.385. The van der Waals surface area contributed by atoms with Gasteiger partial charge in [0.05, 0.1) is 16.1 Å². The Balaban J connectivity index is 0.000000166. The average Bonchev–Trinajstić information content (AvgIpc) is 3.10. The third-order valence-corrected chi connectivity index (χ3v) is 4.39. The molecule has 1 unspecified atom stereocenters. The Morgan fingerprint density at radius 1 is 0.966 bits per heavy atom. The van der Waals surface area contributed by atoms with Crippen LogP contribution >= 0.6 is 0 Å². The van der Waals surface area contributed by atoms with Crippen LogP contribution in [0.25, 0.3) is 0 Å². The fourth-order valence-corrected chi connectivity index (χ4v) is 3.11. The number of nitrogens with zero attached hydrogens (tertiary/aromatic N) is 1. The molecular formula is C19H12N2O8. The number of nitro benzene ring substituents is 1. The van der Waals surface area contributed by atoms with Crippen molar-refractivity contribution in [3.8, 4) is 0 Å². The lowest BCUT2D eigenvalue weighted by atomic mass is 10.00. The fraction of sp³-hybridized carbons (Fsp3) is 0.105. The number of hydrogen-bond donors (Lipinski definition) is 1. The van der Waals surface area contributed by atoms with E-state index in [0.717, 1.165) is 6.07 Å². The first-order valence-electron chi connectivity index (χ1n) is 8.16. The van der Waals surface area contributed by atoms with Gasteiger partial charge in [0.15, 0.2) is 17.1 Å². The summed E-state index contributed by atoms with van der Waals surface area (Å²) in [6.07, 6.45) is 0. The van der Waals surface area contributed by atoms with Gasteiger partial charge in [-0.3, -0.25) is 24.5 Å². The van der Waals surface area contributed by atoms with Gasteiger partial charge in [-0.2, -0.15) is 0 Å². The van der Waals surface area contributed by atoms with Crippen molar-refractivity contribution in [1.29, 1.82) is 0 Å². The highest BCUT2D eigenvalue weighted by molar-refractivity contribution is 6.36. The van der Waals surface area contributed by atoms with Crippen LogP contribution in [0.2, 0.25) is 0 Å². The van der Waals surface area contributed by atoms with Gasteiger partial charge in [0, 0.05) is 17.3 Å². The van der Waals surface area contributed by atoms with Gasteiger partial charge in [-0.05, 0) is 19.1 Å². The molecule has 0 spiro atoms. The minimum absolute atomic E-state index is 0.0517. The molecule has 146 valence electrons. The number of cyclic esters (lactones) is 2. The van der Waals surface area contributed by atoms with Crippen molar-refractivity contribution < 1.29 is 33.6 Å². The molecule has 0 bridgehead atoms. The van der Waals surface area contributed by atoms with E-state index < -0.39 is 45.8 Å². The Hall–Kier alpha value is -4.21. The number of Topliss-reactive ketones (excluding diaryl/α,β-unsaturated/α-hetero) is 3. The number of anilines is 1. The number of benzene rings is 2. The molecule has 1 aliphatic heterocycles. The summed E-state index contributed by atoms with van der Waals surface area (Å²) in [5.41, 5.74) is 5.60. The maximum absolute atomic E-state index is 11.7. The number of nitro groups is 1. The smallest absolute Gasteiger partial charge is 0.353 e. The Morgan fingerprint density at radius 2 is 1.59 bits per heavy atom. The lowest BCUT2D eigenvalue weighted by Gasteiger charge is -2.00. The number of fused-ring (bicyclic) bond motifs is 2. The van der Waals surface area contributed by atoms with E-state index in [-0.39, 0.29) is 27.9 Å². The van der Waals surface area contributed by atoms with Crippen LogP contribution in [0.1, 0.15) is 48.4 Å². The number of carbonyl (C=O) groups is 5. The Kier molecular flexibility index (Phi) is 4.77. The van der Waals surface area contributed by atoms with Gasteiger partial charge in [-0.15, -0.1) is 0 Å². The predicted octanol–water partition coefficient (Wildman–Crippen LogP) is 1.76. The van der Waals surface area contributed by atoms with Crippen LogP contribution in [0.4, 0.5) is 11.4 Å². The largest absolute Gasteiger partial charge is 0.398 e. The van der Waals surface area contributed by atoms with E-state index >= 15 is 0 Å². The molecular weight excluding hydrogens is 384 g/mol. The fourth-order valence-electron chi connectivity index (χ4n) is 3.11. The maximum atomic E-state index is 11.7. The topological polar surface area (TPSA) is 164 Å². The number of nitrogen functional groups attached to an aromatic ring is 1. The number of esters is 2. The van der Waals surface area contributed by atoms with Crippen LogP contribution in [0.5, 0.6) is 0 Å². The zero-order valence-electron chi connectivity index (χ0n) is 14.8. The summed E-state index contributed by atoms with van der Waals surface area (Å²) < 4.78 is 4.24. The van der Waals surface area contributed by atoms with Crippen molar-refractivity contribution in [3.05, 3.63) is 68.8 Å². The second kappa shape index (κ2) is 7.08. The molecule has 0 aromatic heterocycles. The highest BCUT2D eigenvalue weighted by Crippen LogP contribution is 2.31. The average molecular weight is 396 g/mol. The van der Waals surface area contributed by atoms with Crippen LogP contribution in [0.15, 0.2) is 36.4 Å². The molecule has 0 amide bonds. The lowest BCUT2D eigenvalue weighted by Crippen LogP contribution is -2.23. The van der Waals surface area contributed by atoms with Gasteiger partial charge in [0.1, 0.15) is 11.7 Å². The van der Waals surface area contributed by atoms with Gasteiger partial charge in [-0.25, -0.2) is 9.59 Å². The summed E-state index contributed by atoms with van der Waals surface area (Å²) in [7, 11) is 0. The summed E-state index contributed by atoms with van der Waals surface area (Å²) in [5, 5.41) is 10.5. The molecule has 10 nitrogen and oxygen atoms in total. The van der Waals surface area contributed by atoms with Crippen LogP contribution < -0.4 is 5.73 Å². The molecule has 4 rings (SSSR count). The van der Waals surface area contributed by atoms with Gasteiger partial charge in [0.2, 0.25) is 0 Å². The number of nitrogens with two attached hydrogens (primary N) is 1. The van der Waals surface area contributed by atoms with Crippen molar-refractivity contribution in [3.63, 3.8) is 0 Å². The zero-order valence-corrected chi connectivity index (χ0v) is 14.8. The third-order valence-electron chi connectivity index (χ3n) is 4.39. The molecule has 2 aromatic rings. The van der Waals surface area contributed by atoms with E-state index in [1.807, 2.05) is 0 Å². The molecule has 1 atom stereocenters. The van der Waals surface area contributed by atoms with E-state index in [1.165, 1.54) is 25.1 Å². The van der Waals surface area contributed by atoms with Crippen LogP contribution in [0, 0.1) is 16.0 Å². The summed E-state index contributed by atoms with van der Waals surface area (Å²) in [5.74, 6) is -4.31. The molecule has 2 aromatic carbocycles. The van der Waals surface area contributed by atoms with Crippen LogP contribution in [-0.2, 0) is 9.53 Å². The summed E-state index contributed by atoms with van der Waals surface area (Å²) in [4.78, 5) is 66.4. The minimum atomic E-state index is -1.18. The van der Waals surface area contributed by atoms with Gasteiger partial charge in [0.25, 0.3) is 5.69 Å². The SMILES string of the molecule is CC(=O)C1C(=O)c2cccc(N)c2C1=O.O=C1OC(=O)c2c1cccc2[N+](=O)[O-]. The number of carbonyl (C=O) groups excluding carboxylic acids is 5. The molecule has 29 heavy (non-hydrogen) atoms. The van der Waals surface area contributed by atoms with E-state index in [1.54, 1.807) is 12.1 Å². The van der Waals surface area contributed by atoms with Crippen LogP contribution in [0.3, 0.4) is 0 Å². The maximum Gasteiger partial charge on any atom is 0.353 e. The van der Waals surface area contributed by atoms with Gasteiger partial charge < -0.3 is 10.5 Å². The summed E-state index contributed by atoms with van der Waals surface area (Å²) in [6.45, 7) is 1.24. The highest BCUT2D eigenvalue weighted by Gasteiger charge is 2.42. The van der Waals surface area contributed by atoms with Gasteiger partial charge >= 0.3 is 11.9 Å². The number of rotatable bonds is 2. The standard InChI is InChI=1S/C11H9NO3.C8H3NO5/c1-5(13)8-10(14)6-3-2-4-7(12)9(6)11(8)15;10-7-4-2-1-3-5(9(12)13)6(4)8(11)14-7/h2-4,8H,12H2,1H3;1-3H. The molecule has 2 N–H and O–H groups in total. The quantitative estimate of drug-likeness (QED) is 0.262. The Labute approximate surface area is 162 Å². The third kappa shape index (κ3) is 3.16. The van der Waals surface area contributed by atoms with E-state index in [4.69, 9.17) is 5.73 Å². The second-order valence-corrected chi connectivity index (χ2v) is 6.18. The first-order valence-corrected chi connectivity index (χ1v) is 8.16. The molecule has 1 heterocycles. The van der Waals surface area contributed by atoms with Crippen molar-refractivity contribution in [2.75, 3.05) is 5.73 Å². The van der Waals surface area contributed by atoms with Crippen LogP contribution in [-0.4, -0.2) is 34.2 Å². The molecule has 10 heteroatoms. The summed E-state index contributed by atoms with van der Waals surface area (Å²) >= 11 is 0. The first-order chi connectivity index (χ1) is 13.6. The molecule has 0 saturated carbocycles. The van der Waals surface area contributed by atoms with Crippen molar-refractivity contribution >= 4 is 40.7 Å². The number of ether oxygens (including phenoxy) is 1. The van der Waals surface area contributed by atoms with Crippen molar-refractivity contribution in [2.45, 2.75) is 6.92 Å². The Morgan fingerprint density at radius 3 is 2.17 bits per heavy atom. The molecule has 1 aliphatic carbocycles. The Bertz CT molecular complexity index is 1140. The normalized spacial score (nSPS) is 16.5. The highest BCUT2D eigenvalue weighted by atomic mass is 16.6. The van der Waals surface area contributed by atoms with Crippen molar-refractivity contribution in [2.24, 2.45) is 5.92 Å². The molecule has 0 fully saturated rings. The number of ketones is 3. The molecule has 0 radical (unpaired) electrons. The van der Waals surface area contributed by atoms with E-state index in [0.29, 0.717) is 0 Å². The van der Waals surface area contributed by atoms with E-state index in [9.17, 15) is 34.1 Å². The molecule has 0 saturated heterocycles. The monoisotopic (exact) mass is 396 g/mol. The zero-order chi connectivity index (χ0) is 21.5. The van der Waals surface area contributed by atoms with E-state index in [2.05, 4.69) is 4.74 Å². The summed E-state index contributed by atoms with van der Waals surface area (Å²) in [6, 6.07) is 8.47. The first kappa shape index (κ1) is 19.5. The second-order valence-electron chi connectivity index (χ2n) is 6.18. The van der Waals surface area contributed by atoms with Crippen molar-refractivity contribution in [1.82, 2.24) is 0 Å².